The van der Waals surface area contributed by atoms with E-state index in [0.717, 1.165) is 5.76 Å². The molecule has 0 radical (unpaired) electrons. The van der Waals surface area contributed by atoms with Crippen LogP contribution in [0.3, 0.4) is 0 Å². The molecule has 0 aliphatic carbocycles. The summed E-state index contributed by atoms with van der Waals surface area (Å²) >= 11 is 1.71. The highest BCUT2D eigenvalue weighted by Crippen LogP contribution is 2.35. The van der Waals surface area contributed by atoms with E-state index in [1.54, 1.807) is 18.0 Å². The second-order valence-electron chi connectivity index (χ2n) is 5.58. The summed E-state index contributed by atoms with van der Waals surface area (Å²) < 4.78 is 37.3. The Bertz CT molecular complexity index is 815. The summed E-state index contributed by atoms with van der Waals surface area (Å²) in [5, 5.41) is 0.164. The van der Waals surface area contributed by atoms with Gasteiger partial charge in [-0.05, 0) is 42.8 Å². The first kappa shape index (κ1) is 18.0. The molecule has 25 heavy (non-hydrogen) atoms. The summed E-state index contributed by atoms with van der Waals surface area (Å²) in [6, 6.07) is 9.60. The van der Waals surface area contributed by atoms with Crippen LogP contribution < -0.4 is 0 Å². The summed E-state index contributed by atoms with van der Waals surface area (Å²) in [5.74, 6) is 1.09. The number of carbonyl (C=O) groups is 1. The maximum absolute atomic E-state index is 12.9. The molecule has 1 aromatic heterocycles. The van der Waals surface area contributed by atoms with Crippen LogP contribution in [0.5, 0.6) is 0 Å². The number of esters is 1. The summed E-state index contributed by atoms with van der Waals surface area (Å²) in [6.45, 7) is 0.877. The largest absolute Gasteiger partial charge is 0.468 e. The molecule has 1 aliphatic heterocycles. The molecule has 1 fully saturated rings. The molecule has 1 aromatic carbocycles. The quantitative estimate of drug-likeness (QED) is 0.758. The van der Waals surface area contributed by atoms with Crippen LogP contribution in [0.15, 0.2) is 52.0 Å². The third-order valence-electron chi connectivity index (χ3n) is 4.07. The van der Waals surface area contributed by atoms with Crippen molar-refractivity contribution in [1.29, 1.82) is 0 Å². The number of sulfonamides is 1. The second-order valence-corrected chi connectivity index (χ2v) is 8.83. The van der Waals surface area contributed by atoms with Gasteiger partial charge in [0.05, 0.1) is 29.1 Å². The van der Waals surface area contributed by atoms with Crippen molar-refractivity contribution in [1.82, 2.24) is 4.31 Å². The van der Waals surface area contributed by atoms with Gasteiger partial charge in [-0.1, -0.05) is 0 Å². The third kappa shape index (κ3) is 3.91. The van der Waals surface area contributed by atoms with E-state index >= 15 is 0 Å². The number of methoxy groups -OCH3 is 1. The molecule has 0 saturated carbocycles. The number of carbonyl (C=O) groups excluding carboxylic acids is 1. The van der Waals surface area contributed by atoms with E-state index in [0.29, 0.717) is 30.8 Å². The SMILES string of the molecule is COC(=O)c1ccc(S(=O)(=O)N2CCS[C@H](c3ccco3)CC2)cc1. The highest BCUT2D eigenvalue weighted by Gasteiger charge is 2.29. The van der Waals surface area contributed by atoms with E-state index in [4.69, 9.17) is 4.42 Å². The fourth-order valence-corrected chi connectivity index (χ4v) is 5.47. The number of ether oxygens (including phenoxy) is 1. The molecule has 1 atom stereocenters. The Kier molecular flexibility index (Phi) is 5.51. The van der Waals surface area contributed by atoms with Crippen LogP contribution in [-0.4, -0.2) is 44.6 Å². The van der Waals surface area contributed by atoms with E-state index in [1.165, 1.54) is 35.7 Å². The molecule has 134 valence electrons. The van der Waals surface area contributed by atoms with Crippen molar-refractivity contribution < 1.29 is 22.4 Å². The van der Waals surface area contributed by atoms with Gasteiger partial charge in [0.2, 0.25) is 10.0 Å². The van der Waals surface area contributed by atoms with Crippen LogP contribution in [0.4, 0.5) is 0 Å². The average molecular weight is 381 g/mol. The molecule has 8 heteroatoms. The maximum atomic E-state index is 12.9. The first-order chi connectivity index (χ1) is 12.0. The van der Waals surface area contributed by atoms with Crippen molar-refractivity contribution >= 4 is 27.8 Å². The van der Waals surface area contributed by atoms with Crippen molar-refractivity contribution in [2.45, 2.75) is 16.6 Å². The fraction of sp³-hybridized carbons (Fsp3) is 0.353. The lowest BCUT2D eigenvalue weighted by molar-refractivity contribution is 0.0600. The Balaban J connectivity index is 1.74. The number of nitrogens with zero attached hydrogens (tertiary/aromatic N) is 1. The Hall–Kier alpha value is -1.77. The minimum absolute atomic E-state index is 0.164. The molecular weight excluding hydrogens is 362 g/mol. The zero-order valence-electron chi connectivity index (χ0n) is 13.8. The van der Waals surface area contributed by atoms with Gasteiger partial charge in [0.1, 0.15) is 5.76 Å². The number of hydrogen-bond donors (Lipinski definition) is 0. The standard InChI is InChI=1S/C17H19NO5S2/c1-22-17(19)13-4-6-14(7-5-13)25(20,21)18-9-8-16(24-12-10-18)15-3-2-11-23-15/h2-7,11,16H,8-10,12H2,1H3/t16-/m0/s1. The van der Waals surface area contributed by atoms with Crippen LogP contribution in [-0.2, 0) is 14.8 Å². The van der Waals surface area contributed by atoms with Crippen molar-refractivity contribution in [2.24, 2.45) is 0 Å². The van der Waals surface area contributed by atoms with Crippen molar-refractivity contribution in [3.05, 3.63) is 54.0 Å². The Labute approximate surface area is 151 Å². The molecule has 0 spiro atoms. The molecule has 3 rings (SSSR count). The maximum Gasteiger partial charge on any atom is 0.337 e. The third-order valence-corrected chi connectivity index (χ3v) is 7.28. The van der Waals surface area contributed by atoms with E-state index in [9.17, 15) is 13.2 Å². The highest BCUT2D eigenvalue weighted by molar-refractivity contribution is 7.99. The van der Waals surface area contributed by atoms with Gasteiger partial charge in [-0.15, -0.1) is 11.8 Å². The molecule has 6 nitrogen and oxygen atoms in total. The highest BCUT2D eigenvalue weighted by atomic mass is 32.2. The van der Waals surface area contributed by atoms with E-state index in [1.807, 2.05) is 12.1 Å². The second kappa shape index (κ2) is 7.63. The van der Waals surface area contributed by atoms with Gasteiger partial charge in [0, 0.05) is 18.8 Å². The summed E-state index contributed by atoms with van der Waals surface area (Å²) in [7, 11) is -2.30. The number of benzene rings is 1. The van der Waals surface area contributed by atoms with Crippen LogP contribution in [0.25, 0.3) is 0 Å². The number of hydrogen-bond acceptors (Lipinski definition) is 6. The molecule has 0 N–H and O–H groups in total. The molecule has 1 aliphatic rings. The van der Waals surface area contributed by atoms with Crippen LogP contribution in [0.2, 0.25) is 0 Å². The summed E-state index contributed by atoms with van der Waals surface area (Å²) in [4.78, 5) is 11.7. The molecule has 2 heterocycles. The van der Waals surface area contributed by atoms with Crippen LogP contribution in [0, 0.1) is 0 Å². The van der Waals surface area contributed by atoms with Crippen LogP contribution in [0.1, 0.15) is 27.8 Å². The smallest absolute Gasteiger partial charge is 0.337 e. The summed E-state index contributed by atoms with van der Waals surface area (Å²) in [5.41, 5.74) is 0.325. The zero-order valence-corrected chi connectivity index (χ0v) is 15.4. The lowest BCUT2D eigenvalue weighted by atomic mass is 10.2. The zero-order chi connectivity index (χ0) is 17.9. The predicted molar refractivity (Wildman–Crippen MR) is 95.1 cm³/mol. The average Bonchev–Trinajstić information content (AvgIpc) is 3.05. The monoisotopic (exact) mass is 381 g/mol. The predicted octanol–water partition coefficient (Wildman–Crippen LogP) is 2.94. The molecule has 1 saturated heterocycles. The van der Waals surface area contributed by atoms with Gasteiger partial charge < -0.3 is 9.15 Å². The Morgan fingerprint density at radius 1 is 1.24 bits per heavy atom. The molecular formula is C17H19NO5S2. The lowest BCUT2D eigenvalue weighted by Gasteiger charge is -2.20. The minimum Gasteiger partial charge on any atom is -0.468 e. The molecule has 0 unspecified atom stereocenters. The van der Waals surface area contributed by atoms with Gasteiger partial charge in [0.25, 0.3) is 0 Å². The van der Waals surface area contributed by atoms with Crippen molar-refractivity contribution in [2.75, 3.05) is 26.0 Å². The molecule has 2 aromatic rings. The number of furan rings is 1. The van der Waals surface area contributed by atoms with Gasteiger partial charge in [0.15, 0.2) is 0 Å². The van der Waals surface area contributed by atoms with Gasteiger partial charge in [-0.2, -0.15) is 4.31 Å². The summed E-state index contributed by atoms with van der Waals surface area (Å²) in [6.07, 6.45) is 2.33. The molecule has 0 bridgehead atoms. The van der Waals surface area contributed by atoms with E-state index in [-0.39, 0.29) is 10.1 Å². The topological polar surface area (TPSA) is 76.8 Å². The number of rotatable bonds is 4. The van der Waals surface area contributed by atoms with E-state index < -0.39 is 16.0 Å². The normalized spacial score (nSPS) is 19.3. The number of thioether (sulfide) groups is 1. The van der Waals surface area contributed by atoms with Crippen molar-refractivity contribution in [3.63, 3.8) is 0 Å². The lowest BCUT2D eigenvalue weighted by Crippen LogP contribution is -2.33. The van der Waals surface area contributed by atoms with E-state index in [2.05, 4.69) is 4.74 Å². The van der Waals surface area contributed by atoms with Crippen molar-refractivity contribution in [3.8, 4) is 0 Å². The molecule has 0 amide bonds. The van der Waals surface area contributed by atoms with Gasteiger partial charge >= 0.3 is 5.97 Å². The Morgan fingerprint density at radius 3 is 2.64 bits per heavy atom. The van der Waals surface area contributed by atoms with Gasteiger partial charge in [-0.3, -0.25) is 0 Å². The van der Waals surface area contributed by atoms with Gasteiger partial charge in [-0.25, -0.2) is 13.2 Å². The fourth-order valence-electron chi connectivity index (χ4n) is 2.72. The first-order valence-corrected chi connectivity index (χ1v) is 10.3. The minimum atomic E-state index is -3.59. The van der Waals surface area contributed by atoms with Crippen LogP contribution >= 0.6 is 11.8 Å². The first-order valence-electron chi connectivity index (χ1n) is 7.86. The Morgan fingerprint density at radius 2 is 2.00 bits per heavy atom.